The number of benzene rings is 1. The fourth-order valence-electron chi connectivity index (χ4n) is 1.69. The van der Waals surface area contributed by atoms with Crippen molar-refractivity contribution >= 4 is 12.2 Å². The number of nitrogens with zero attached hydrogens (tertiary/aromatic N) is 2. The minimum Gasteiger partial charge on any atom is -0.313 e. The minimum atomic E-state index is -0.308. The molecule has 0 saturated heterocycles. The highest BCUT2D eigenvalue weighted by atomic mass is 19.1. The number of hydrogen-bond donors (Lipinski definition) is 1. The van der Waals surface area contributed by atoms with Crippen LogP contribution in [0.3, 0.4) is 0 Å². The van der Waals surface area contributed by atoms with Crippen LogP contribution in [-0.4, -0.2) is 16.2 Å². The van der Waals surface area contributed by atoms with E-state index in [1.54, 1.807) is 16.8 Å². The molecule has 19 heavy (non-hydrogen) atoms. The van der Waals surface area contributed by atoms with E-state index in [0.717, 1.165) is 5.69 Å². The van der Waals surface area contributed by atoms with Crippen molar-refractivity contribution in [2.45, 2.75) is 26.2 Å². The summed E-state index contributed by atoms with van der Waals surface area (Å²) in [7, 11) is 0. The lowest BCUT2D eigenvalue weighted by Gasteiger charge is -2.14. The molecule has 0 aliphatic heterocycles. The Labute approximate surface area is 111 Å². The van der Waals surface area contributed by atoms with Crippen LogP contribution in [0.25, 0.3) is 5.69 Å². The summed E-state index contributed by atoms with van der Waals surface area (Å²) in [5.41, 5.74) is 1.41. The van der Waals surface area contributed by atoms with E-state index < -0.39 is 0 Å². The molecular weight excluding hydrogens is 245 g/mol. The second-order valence-electron chi connectivity index (χ2n) is 5.32. The second-order valence-corrected chi connectivity index (χ2v) is 5.32. The summed E-state index contributed by atoms with van der Waals surface area (Å²) in [5, 5.41) is 7.08. The van der Waals surface area contributed by atoms with Crippen LogP contribution in [-0.2, 0) is 10.2 Å². The number of carbonyl (C=O) groups is 1. The lowest BCUT2D eigenvalue weighted by molar-refractivity contribution is -0.105. The lowest BCUT2D eigenvalue weighted by atomic mass is 9.92. The van der Waals surface area contributed by atoms with Gasteiger partial charge in [-0.1, -0.05) is 20.8 Å². The quantitative estimate of drug-likeness (QED) is 0.863. The number of anilines is 1. The first-order chi connectivity index (χ1) is 8.91. The standard InChI is InChI=1S/C14H16FN3O/c1-14(2,3)12-8-13(16-9-19)18(17-12)11-6-4-10(15)5-7-11/h4-9H,1-3H3,(H,16,19). The van der Waals surface area contributed by atoms with Gasteiger partial charge in [0.1, 0.15) is 11.6 Å². The maximum Gasteiger partial charge on any atom is 0.212 e. The Morgan fingerprint density at radius 2 is 1.89 bits per heavy atom. The zero-order chi connectivity index (χ0) is 14.0. The number of amides is 1. The normalized spacial score (nSPS) is 11.4. The van der Waals surface area contributed by atoms with Crippen molar-refractivity contribution in [2.75, 3.05) is 5.32 Å². The van der Waals surface area contributed by atoms with Gasteiger partial charge in [0.25, 0.3) is 0 Å². The van der Waals surface area contributed by atoms with Gasteiger partial charge in [0.2, 0.25) is 6.41 Å². The van der Waals surface area contributed by atoms with Crippen molar-refractivity contribution in [1.82, 2.24) is 9.78 Å². The fraction of sp³-hybridized carbons (Fsp3) is 0.286. The van der Waals surface area contributed by atoms with Gasteiger partial charge in [0.05, 0.1) is 11.4 Å². The highest BCUT2D eigenvalue weighted by Crippen LogP contribution is 2.26. The highest BCUT2D eigenvalue weighted by molar-refractivity contribution is 5.70. The van der Waals surface area contributed by atoms with E-state index in [9.17, 15) is 9.18 Å². The summed E-state index contributed by atoms with van der Waals surface area (Å²) in [4.78, 5) is 10.7. The third-order valence-electron chi connectivity index (χ3n) is 2.76. The second kappa shape index (κ2) is 4.84. The summed E-state index contributed by atoms with van der Waals surface area (Å²) in [5.74, 6) is 0.253. The Bertz CT molecular complexity index is 582. The maximum absolute atomic E-state index is 12.9. The van der Waals surface area contributed by atoms with E-state index in [1.165, 1.54) is 12.1 Å². The van der Waals surface area contributed by atoms with Gasteiger partial charge in [0, 0.05) is 11.5 Å². The smallest absolute Gasteiger partial charge is 0.212 e. The van der Waals surface area contributed by atoms with Crippen LogP contribution in [0.15, 0.2) is 30.3 Å². The van der Waals surface area contributed by atoms with E-state index in [2.05, 4.69) is 10.4 Å². The first kappa shape index (κ1) is 13.3. The van der Waals surface area contributed by atoms with Crippen molar-refractivity contribution in [3.05, 3.63) is 41.8 Å². The molecule has 1 N–H and O–H groups in total. The average molecular weight is 261 g/mol. The van der Waals surface area contributed by atoms with Crippen molar-refractivity contribution in [3.8, 4) is 5.69 Å². The van der Waals surface area contributed by atoms with E-state index in [-0.39, 0.29) is 11.2 Å². The van der Waals surface area contributed by atoms with Gasteiger partial charge < -0.3 is 5.32 Å². The van der Waals surface area contributed by atoms with Gasteiger partial charge in [0.15, 0.2) is 0 Å². The van der Waals surface area contributed by atoms with Crippen LogP contribution in [0.1, 0.15) is 26.5 Å². The van der Waals surface area contributed by atoms with Crippen LogP contribution < -0.4 is 5.32 Å². The molecule has 2 rings (SSSR count). The minimum absolute atomic E-state index is 0.134. The molecule has 0 unspecified atom stereocenters. The Kier molecular flexibility index (Phi) is 3.38. The van der Waals surface area contributed by atoms with Crippen LogP contribution in [0, 0.1) is 5.82 Å². The maximum atomic E-state index is 12.9. The third kappa shape index (κ3) is 2.81. The summed E-state index contributed by atoms with van der Waals surface area (Å²) >= 11 is 0. The molecule has 0 saturated carbocycles. The summed E-state index contributed by atoms with van der Waals surface area (Å²) in [6.07, 6.45) is 0.601. The molecule has 0 atom stereocenters. The van der Waals surface area contributed by atoms with Gasteiger partial charge in [-0.3, -0.25) is 4.79 Å². The molecule has 0 bridgehead atoms. The van der Waals surface area contributed by atoms with E-state index in [0.29, 0.717) is 17.9 Å². The van der Waals surface area contributed by atoms with Crippen molar-refractivity contribution in [3.63, 3.8) is 0 Å². The number of aromatic nitrogens is 2. The molecule has 1 aromatic carbocycles. The van der Waals surface area contributed by atoms with Crippen molar-refractivity contribution < 1.29 is 9.18 Å². The highest BCUT2D eigenvalue weighted by Gasteiger charge is 2.20. The van der Waals surface area contributed by atoms with Crippen molar-refractivity contribution in [2.24, 2.45) is 0 Å². The van der Waals surface area contributed by atoms with Gasteiger partial charge in [-0.25, -0.2) is 9.07 Å². The largest absolute Gasteiger partial charge is 0.313 e. The number of nitrogens with one attached hydrogen (secondary N) is 1. The lowest BCUT2D eigenvalue weighted by Crippen LogP contribution is -2.12. The molecule has 1 amide bonds. The van der Waals surface area contributed by atoms with E-state index in [4.69, 9.17) is 0 Å². The van der Waals surface area contributed by atoms with Crippen LogP contribution in [0.2, 0.25) is 0 Å². The monoisotopic (exact) mass is 261 g/mol. The predicted molar refractivity (Wildman–Crippen MR) is 71.9 cm³/mol. The molecule has 5 heteroatoms. The number of carbonyl (C=O) groups excluding carboxylic acids is 1. The van der Waals surface area contributed by atoms with Crippen LogP contribution in [0.5, 0.6) is 0 Å². The molecule has 0 radical (unpaired) electrons. The van der Waals surface area contributed by atoms with Gasteiger partial charge in [-0.2, -0.15) is 5.10 Å². The molecule has 0 aliphatic carbocycles. The molecule has 0 fully saturated rings. The molecule has 0 spiro atoms. The Hall–Kier alpha value is -2.17. The molecule has 1 aromatic heterocycles. The summed E-state index contributed by atoms with van der Waals surface area (Å²) in [6, 6.07) is 7.77. The number of halogens is 1. The topological polar surface area (TPSA) is 46.9 Å². The third-order valence-corrected chi connectivity index (χ3v) is 2.76. The van der Waals surface area contributed by atoms with Crippen molar-refractivity contribution in [1.29, 1.82) is 0 Å². The van der Waals surface area contributed by atoms with E-state index in [1.807, 2.05) is 26.8 Å². The zero-order valence-corrected chi connectivity index (χ0v) is 11.1. The Morgan fingerprint density at radius 1 is 1.26 bits per heavy atom. The van der Waals surface area contributed by atoms with Gasteiger partial charge >= 0.3 is 0 Å². The average Bonchev–Trinajstić information content (AvgIpc) is 2.74. The molecule has 1 heterocycles. The molecule has 0 aliphatic rings. The first-order valence-corrected chi connectivity index (χ1v) is 5.98. The molecule has 2 aromatic rings. The molecular formula is C14H16FN3O. The molecule has 4 nitrogen and oxygen atoms in total. The van der Waals surface area contributed by atoms with Crippen LogP contribution in [0.4, 0.5) is 10.2 Å². The number of hydrogen-bond acceptors (Lipinski definition) is 2. The van der Waals surface area contributed by atoms with Gasteiger partial charge in [-0.05, 0) is 24.3 Å². The number of rotatable bonds is 3. The predicted octanol–water partition coefficient (Wildman–Crippen LogP) is 2.88. The zero-order valence-electron chi connectivity index (χ0n) is 11.1. The summed E-state index contributed by atoms with van der Waals surface area (Å²) < 4.78 is 14.5. The van der Waals surface area contributed by atoms with E-state index >= 15 is 0 Å². The van der Waals surface area contributed by atoms with Gasteiger partial charge in [-0.15, -0.1) is 0 Å². The first-order valence-electron chi connectivity index (χ1n) is 5.98. The fourth-order valence-corrected chi connectivity index (χ4v) is 1.69. The Balaban J connectivity index is 2.51. The molecule has 100 valence electrons. The summed E-state index contributed by atoms with van der Waals surface area (Å²) in [6.45, 7) is 6.11. The Morgan fingerprint density at radius 3 is 2.42 bits per heavy atom. The van der Waals surface area contributed by atoms with Crippen LogP contribution >= 0.6 is 0 Å². The SMILES string of the molecule is CC(C)(C)c1cc(NC=O)n(-c2ccc(F)cc2)n1.